The van der Waals surface area contributed by atoms with Gasteiger partial charge >= 0.3 is 0 Å². The lowest BCUT2D eigenvalue weighted by Gasteiger charge is -2.24. The summed E-state index contributed by atoms with van der Waals surface area (Å²) >= 11 is 4.04. The Bertz CT molecular complexity index is 1810. The molecule has 2 atom stereocenters. The number of hydrogen-bond acceptors (Lipinski definition) is 2. The fourth-order valence-corrected chi connectivity index (χ4v) is 12.5. The van der Waals surface area contributed by atoms with Crippen molar-refractivity contribution in [2.75, 3.05) is 0 Å². The Balaban J connectivity index is 1.44. The van der Waals surface area contributed by atoms with Gasteiger partial charge in [0, 0.05) is 13.1 Å². The molecule has 0 radical (unpaired) electrons. The lowest BCUT2D eigenvalue weighted by Crippen LogP contribution is -2.14. The monoisotopic (exact) mass is 881 g/mol. The molecule has 346 valence electrons. The normalized spacial score (nSPS) is 13.0. The van der Waals surface area contributed by atoms with Crippen LogP contribution >= 0.6 is 22.7 Å². The number of benzene rings is 3. The van der Waals surface area contributed by atoms with Crippen molar-refractivity contribution in [2.24, 2.45) is 11.8 Å². The third-order valence-corrected chi connectivity index (χ3v) is 16.3. The Hall–Kier alpha value is -2.30. The van der Waals surface area contributed by atoms with Crippen LogP contribution in [-0.2, 0) is 13.1 Å². The molecule has 0 aliphatic heterocycles. The second kappa shape index (κ2) is 30.8. The van der Waals surface area contributed by atoms with E-state index in [1.54, 1.807) is 0 Å². The minimum Gasteiger partial charge on any atom is -0.339 e. The topological polar surface area (TPSA) is 9.86 Å². The van der Waals surface area contributed by atoms with Crippen molar-refractivity contribution in [1.29, 1.82) is 0 Å². The summed E-state index contributed by atoms with van der Waals surface area (Å²) in [7, 11) is 0. The zero-order valence-electron chi connectivity index (χ0n) is 40.7. The average Bonchev–Trinajstić information content (AvgIpc) is 3.29. The van der Waals surface area contributed by atoms with Gasteiger partial charge in [-0.3, -0.25) is 0 Å². The summed E-state index contributed by atoms with van der Waals surface area (Å²) in [5.74, 6) is 1.45. The third-order valence-electron chi connectivity index (χ3n) is 14.1. The molecule has 0 saturated carbocycles. The molecular formula is C58H92N2S2. The SMILES string of the molecule is CCCCCCCCCCC(CCCCCCCC)Cn1c2ccccc2sc2cc3c(cc21)sc1ccccc1n3CC(CCCCCCCC)CCCCCCCCCC. The van der Waals surface area contributed by atoms with Gasteiger partial charge in [-0.25, -0.2) is 0 Å². The quantitative estimate of drug-likeness (QED) is 0.0280. The van der Waals surface area contributed by atoms with Crippen LogP contribution < -0.4 is 0 Å². The van der Waals surface area contributed by atoms with E-state index in [1.807, 2.05) is 22.7 Å². The van der Waals surface area contributed by atoms with Crippen LogP contribution in [0.25, 0.3) is 40.9 Å². The van der Waals surface area contributed by atoms with Gasteiger partial charge in [0.25, 0.3) is 0 Å². The summed E-state index contributed by atoms with van der Waals surface area (Å²) in [6.45, 7) is 11.6. The molecule has 5 aromatic rings. The first-order valence-electron chi connectivity index (χ1n) is 26.9. The van der Waals surface area contributed by atoms with Crippen molar-refractivity contribution >= 4 is 63.5 Å². The first-order chi connectivity index (χ1) is 30.7. The van der Waals surface area contributed by atoms with E-state index in [9.17, 15) is 0 Å². The Kier molecular flexibility index (Phi) is 25.2. The van der Waals surface area contributed by atoms with Crippen LogP contribution in [0.4, 0.5) is 0 Å². The molecular weight excluding hydrogens is 789 g/mol. The van der Waals surface area contributed by atoms with Gasteiger partial charge in [-0.2, -0.15) is 0 Å². The highest BCUT2D eigenvalue weighted by Gasteiger charge is 2.18. The first-order valence-corrected chi connectivity index (χ1v) is 28.6. The molecule has 4 heteroatoms. The van der Waals surface area contributed by atoms with E-state index in [0.717, 1.165) is 24.9 Å². The Morgan fingerprint density at radius 1 is 0.323 bits per heavy atom. The maximum Gasteiger partial charge on any atom is 0.0602 e. The number of para-hydroxylation sites is 2. The number of aromatic nitrogens is 2. The standard InChI is InChI=1S/C58H92N2S2/c1-5-9-13-17-21-23-27-31-39-49(37-29-25-19-15-11-7-3)47-59-51-41-33-35-43-55(51)61-57-46-54-58(45-53(57)59)62-56-44-36-34-42-52(56)60(54)48-50(38-30-26-20-16-12-8-4)40-32-28-24-22-18-14-10-6-2/h33-36,41-46,49-50H,5-32,37-40,47-48H2,1-4H3. The Labute approximate surface area is 389 Å². The number of hydrogen-bond donors (Lipinski definition) is 0. The number of rotatable bonds is 36. The van der Waals surface area contributed by atoms with Gasteiger partial charge in [-0.15, -0.1) is 22.7 Å². The summed E-state index contributed by atoms with van der Waals surface area (Å²) < 4.78 is 11.3. The third kappa shape index (κ3) is 17.2. The maximum absolute atomic E-state index is 2.78. The van der Waals surface area contributed by atoms with Crippen molar-refractivity contribution in [3.8, 4) is 0 Å². The lowest BCUT2D eigenvalue weighted by atomic mass is 9.93. The van der Waals surface area contributed by atoms with E-state index in [-0.39, 0.29) is 0 Å². The first kappa shape index (κ1) is 50.7. The van der Waals surface area contributed by atoms with Crippen LogP contribution in [0.2, 0.25) is 0 Å². The molecule has 0 bridgehead atoms. The van der Waals surface area contributed by atoms with E-state index >= 15 is 0 Å². The minimum atomic E-state index is 0.727. The van der Waals surface area contributed by atoms with Crippen LogP contribution in [0.15, 0.2) is 60.7 Å². The molecule has 5 rings (SSSR count). The van der Waals surface area contributed by atoms with Crippen LogP contribution in [0.1, 0.15) is 233 Å². The zero-order chi connectivity index (χ0) is 43.5. The molecule has 62 heavy (non-hydrogen) atoms. The largest absolute Gasteiger partial charge is 0.339 e. The van der Waals surface area contributed by atoms with Gasteiger partial charge in [-0.1, -0.05) is 232 Å². The van der Waals surface area contributed by atoms with Gasteiger partial charge in [0.05, 0.1) is 40.9 Å². The zero-order valence-corrected chi connectivity index (χ0v) is 42.3. The minimum absolute atomic E-state index is 0.727. The fourth-order valence-electron chi connectivity index (χ4n) is 10.3. The van der Waals surface area contributed by atoms with E-state index < -0.39 is 0 Å². The van der Waals surface area contributed by atoms with Gasteiger partial charge in [-0.05, 0) is 73.9 Å². The van der Waals surface area contributed by atoms with Crippen LogP contribution in [0, 0.1) is 11.8 Å². The molecule has 2 heterocycles. The molecule has 0 saturated heterocycles. The molecule has 2 aromatic heterocycles. The number of unbranched alkanes of at least 4 members (excludes halogenated alkanes) is 24. The van der Waals surface area contributed by atoms with Gasteiger partial charge < -0.3 is 9.13 Å². The Morgan fingerprint density at radius 2 is 0.597 bits per heavy atom. The second-order valence-electron chi connectivity index (χ2n) is 19.5. The summed E-state index contributed by atoms with van der Waals surface area (Å²) in [4.78, 5) is 0. The molecule has 0 spiro atoms. The van der Waals surface area contributed by atoms with E-state index in [1.165, 1.54) is 246 Å². The molecule has 3 aromatic carbocycles. The average molecular weight is 882 g/mol. The Morgan fingerprint density at radius 3 is 0.903 bits per heavy atom. The highest BCUT2D eigenvalue weighted by Crippen LogP contribution is 2.38. The highest BCUT2D eigenvalue weighted by molar-refractivity contribution is 7.25. The molecule has 0 aliphatic carbocycles. The number of fused-ring (bicyclic) bond motifs is 4. The summed E-state index contributed by atoms with van der Waals surface area (Å²) in [6, 6.07) is 23.9. The highest BCUT2D eigenvalue weighted by atomic mass is 32.1. The van der Waals surface area contributed by atoms with E-state index in [2.05, 4.69) is 97.5 Å². The molecule has 0 amide bonds. The van der Waals surface area contributed by atoms with Crippen LogP contribution in [0.3, 0.4) is 0 Å². The van der Waals surface area contributed by atoms with Crippen molar-refractivity contribution < 1.29 is 0 Å². The predicted molar refractivity (Wildman–Crippen MR) is 283 cm³/mol. The molecule has 0 fully saturated rings. The van der Waals surface area contributed by atoms with Crippen molar-refractivity contribution in [1.82, 2.24) is 9.13 Å². The van der Waals surface area contributed by atoms with Crippen molar-refractivity contribution in [3.05, 3.63) is 60.7 Å². The van der Waals surface area contributed by atoms with Crippen LogP contribution in [-0.4, -0.2) is 9.13 Å². The van der Waals surface area contributed by atoms with Gasteiger partial charge in [0.15, 0.2) is 0 Å². The summed E-state index contributed by atoms with van der Waals surface area (Å²) in [5.41, 5.74) is 5.75. The van der Waals surface area contributed by atoms with Crippen molar-refractivity contribution in [2.45, 2.75) is 246 Å². The lowest BCUT2D eigenvalue weighted by molar-refractivity contribution is 0.363. The van der Waals surface area contributed by atoms with E-state index in [4.69, 9.17) is 0 Å². The summed E-state index contributed by atoms with van der Waals surface area (Å²) in [6.07, 6.45) is 44.6. The summed E-state index contributed by atoms with van der Waals surface area (Å²) in [5, 5.41) is 0. The maximum atomic E-state index is 2.78. The van der Waals surface area contributed by atoms with Crippen molar-refractivity contribution in [3.63, 3.8) is 0 Å². The van der Waals surface area contributed by atoms with E-state index in [0.29, 0.717) is 0 Å². The molecule has 0 aliphatic rings. The van der Waals surface area contributed by atoms with Crippen LogP contribution in [0.5, 0.6) is 0 Å². The molecule has 0 N–H and O–H groups in total. The fraction of sp³-hybridized carbons (Fsp3) is 0.690. The van der Waals surface area contributed by atoms with Gasteiger partial charge in [0.1, 0.15) is 0 Å². The molecule has 2 nitrogen and oxygen atoms in total. The predicted octanol–water partition coefficient (Wildman–Crippen LogP) is 20.9. The van der Waals surface area contributed by atoms with Gasteiger partial charge in [0.2, 0.25) is 0 Å². The molecule has 2 unspecified atom stereocenters. The smallest absolute Gasteiger partial charge is 0.0602 e. The number of nitrogens with zero attached hydrogens (tertiary/aromatic N) is 2. The second-order valence-corrected chi connectivity index (χ2v) is 21.7.